The van der Waals surface area contributed by atoms with Gasteiger partial charge in [0.15, 0.2) is 11.9 Å². The van der Waals surface area contributed by atoms with Crippen LogP contribution in [0.15, 0.2) is 121 Å². The van der Waals surface area contributed by atoms with Gasteiger partial charge in [0.25, 0.3) is 8.32 Å². The van der Waals surface area contributed by atoms with Crippen LogP contribution in [0.2, 0.25) is 5.04 Å². The number of rotatable bonds is 13. The van der Waals surface area contributed by atoms with Crippen LogP contribution in [0, 0.1) is 0 Å². The number of carbonyl (C=O) groups excluding carboxylic acids is 1. The van der Waals surface area contributed by atoms with Crippen molar-refractivity contribution in [3.05, 3.63) is 132 Å². The van der Waals surface area contributed by atoms with Gasteiger partial charge in [0.1, 0.15) is 30.5 Å². The summed E-state index contributed by atoms with van der Waals surface area (Å²) in [7, 11) is -2.95. The molecule has 0 radical (unpaired) electrons. The summed E-state index contributed by atoms with van der Waals surface area (Å²) in [4.78, 5) is 13.1. The first kappa shape index (κ1) is 49.7. The first-order chi connectivity index (χ1) is 33.5. The van der Waals surface area contributed by atoms with E-state index in [-0.39, 0.29) is 36.6 Å². The molecule has 12 nitrogen and oxygen atoms in total. The third-order valence-electron chi connectivity index (χ3n) is 15.5. The average molecular weight is 977 g/mol. The molecular formula is C57H72O12Si. The van der Waals surface area contributed by atoms with E-state index in [0.717, 1.165) is 11.1 Å². The van der Waals surface area contributed by atoms with Gasteiger partial charge in [-0.25, -0.2) is 0 Å². The van der Waals surface area contributed by atoms with Crippen LogP contribution in [-0.4, -0.2) is 118 Å². The molecule has 6 heterocycles. The number of esters is 1. The molecule has 0 aliphatic carbocycles. The average Bonchev–Trinajstić information content (AvgIpc) is 3.58. The maximum Gasteiger partial charge on any atom is 0.303 e. The quantitative estimate of drug-likeness (QED) is 0.0955. The Labute approximate surface area is 415 Å². The fourth-order valence-electron chi connectivity index (χ4n) is 12.4. The summed E-state index contributed by atoms with van der Waals surface area (Å²) >= 11 is 0. The molecule has 6 saturated heterocycles. The Morgan fingerprint density at radius 3 is 1.81 bits per heavy atom. The molecule has 13 heteroatoms. The van der Waals surface area contributed by atoms with Gasteiger partial charge in [0, 0.05) is 32.6 Å². The van der Waals surface area contributed by atoms with Gasteiger partial charge in [0.2, 0.25) is 0 Å². The van der Waals surface area contributed by atoms with Crippen LogP contribution in [0.5, 0.6) is 0 Å². The third-order valence-corrected chi connectivity index (χ3v) is 20.5. The number of hydrogen-bond acceptors (Lipinski definition) is 12. The van der Waals surface area contributed by atoms with Gasteiger partial charge < -0.3 is 51.8 Å². The molecule has 0 aromatic heterocycles. The topological polar surface area (TPSA) is 119 Å². The Morgan fingerprint density at radius 2 is 1.20 bits per heavy atom. The summed E-state index contributed by atoms with van der Waals surface area (Å²) in [5.41, 5.74) is 0.452. The van der Waals surface area contributed by atoms with E-state index in [1.54, 1.807) is 0 Å². The fourth-order valence-corrected chi connectivity index (χ4v) is 17.0. The van der Waals surface area contributed by atoms with E-state index in [4.69, 9.17) is 51.8 Å². The first-order valence-electron chi connectivity index (χ1n) is 25.4. The Morgan fingerprint density at radius 1 is 0.614 bits per heavy atom. The second-order valence-electron chi connectivity index (χ2n) is 22.2. The highest BCUT2D eigenvalue weighted by molar-refractivity contribution is 6.99. The second-order valence-corrected chi connectivity index (χ2v) is 26.5. The van der Waals surface area contributed by atoms with E-state index in [1.807, 2.05) is 62.4 Å². The van der Waals surface area contributed by atoms with E-state index < -0.39 is 86.2 Å². The first-order valence-corrected chi connectivity index (χ1v) is 27.3. The predicted octanol–water partition coefficient (Wildman–Crippen LogP) is 7.99. The van der Waals surface area contributed by atoms with Gasteiger partial charge in [0.05, 0.1) is 74.3 Å². The predicted molar refractivity (Wildman–Crippen MR) is 265 cm³/mol. The molecule has 70 heavy (non-hydrogen) atoms. The van der Waals surface area contributed by atoms with Crippen LogP contribution in [-0.2, 0) is 69.8 Å². The molecule has 0 unspecified atom stereocenters. The molecule has 6 aliphatic heterocycles. The van der Waals surface area contributed by atoms with Crippen molar-refractivity contribution in [2.45, 2.75) is 190 Å². The highest BCUT2D eigenvalue weighted by Gasteiger charge is 2.65. The van der Waals surface area contributed by atoms with Crippen LogP contribution in [0.1, 0.15) is 92.2 Å². The Kier molecular flexibility index (Phi) is 14.1. The number of benzene rings is 4. The van der Waals surface area contributed by atoms with Gasteiger partial charge >= 0.3 is 5.97 Å². The van der Waals surface area contributed by atoms with E-state index >= 15 is 0 Å². The molecule has 376 valence electrons. The molecule has 6 fully saturated rings. The molecule has 0 bridgehead atoms. The van der Waals surface area contributed by atoms with Crippen LogP contribution in [0.4, 0.5) is 0 Å². The second kappa shape index (κ2) is 19.9. The van der Waals surface area contributed by atoms with Crippen molar-refractivity contribution in [3.8, 4) is 0 Å². The molecule has 0 N–H and O–H groups in total. The number of hydrogen-bond donors (Lipinski definition) is 0. The lowest BCUT2D eigenvalue weighted by Gasteiger charge is -2.60. The number of carbonyl (C=O) groups is 1. The van der Waals surface area contributed by atoms with Crippen molar-refractivity contribution in [2.75, 3.05) is 13.2 Å². The SMILES string of the molecule is CC(=O)O[C@H]1[C@@H]2O[C@H](COCc3ccccc3)[C@@H](OCc3ccccc3)C[C@H]2O[C@@]2(C)C[C@H]3O[C@@]4(C)C[C@H]5OC(C)(C)O[C@H]5[C@H](CO[Si](c5ccccc5)(c5ccccc5)C(C)(C)C)O[C@@H]4C[C@@H]3O[C@H]12. The summed E-state index contributed by atoms with van der Waals surface area (Å²) in [6.07, 6.45) is -3.66. The Balaban J connectivity index is 0.916. The zero-order chi connectivity index (χ0) is 48.9. The molecular weight excluding hydrogens is 905 g/mol. The van der Waals surface area contributed by atoms with E-state index in [2.05, 4.69) is 107 Å². The standard InChI is InChI=1S/C57H72O12Si/c1-37(58)62-52-51-44(29-42(60-34-39-23-15-10-16-24-39)47(64-51)35-59-33-38-21-13-9-14-22-38)67-57(8)31-45-43(65-53(52)57)30-49-56(7,68-45)32-46-50(69-55(5,6)66-46)48(63-49)36-61-70(54(2,3)4,40-25-17-11-18-26-40)41-27-19-12-20-28-41/h9-28,42-53H,29-36H2,1-8H3/t42-,43-,44+,45+,46+,47+,48-,49+,50+,51+,52-,53+,56-,57-/m0/s1. The molecule has 14 atom stereocenters. The van der Waals surface area contributed by atoms with Gasteiger partial charge in [-0.2, -0.15) is 0 Å². The highest BCUT2D eigenvalue weighted by Crippen LogP contribution is 2.52. The van der Waals surface area contributed by atoms with Crippen LogP contribution in [0.3, 0.4) is 0 Å². The van der Waals surface area contributed by atoms with Crippen LogP contribution in [0.25, 0.3) is 0 Å². The molecule has 4 aromatic carbocycles. The highest BCUT2D eigenvalue weighted by atomic mass is 28.4. The van der Waals surface area contributed by atoms with E-state index in [9.17, 15) is 4.79 Å². The normalized spacial score (nSPS) is 35.8. The number of fused-ring (bicyclic) bond motifs is 5. The molecule has 0 spiro atoms. The minimum Gasteiger partial charge on any atom is -0.457 e. The van der Waals surface area contributed by atoms with Crippen LogP contribution < -0.4 is 10.4 Å². The van der Waals surface area contributed by atoms with Gasteiger partial charge in [-0.15, -0.1) is 0 Å². The lowest BCUT2D eigenvalue weighted by molar-refractivity contribution is -0.370. The molecule has 4 aromatic rings. The van der Waals surface area contributed by atoms with Crippen molar-refractivity contribution in [3.63, 3.8) is 0 Å². The minimum absolute atomic E-state index is 0.239. The summed E-state index contributed by atoms with van der Waals surface area (Å²) in [6.45, 7) is 17.8. The lowest BCUT2D eigenvalue weighted by atomic mass is 9.74. The maximum atomic E-state index is 13.1. The van der Waals surface area contributed by atoms with E-state index in [0.29, 0.717) is 38.9 Å². The fraction of sp³-hybridized carbons (Fsp3) is 0.561. The zero-order valence-corrected chi connectivity index (χ0v) is 43.0. The third kappa shape index (κ3) is 9.98. The molecule has 0 saturated carbocycles. The minimum atomic E-state index is -2.95. The Bertz CT molecular complexity index is 2330. The van der Waals surface area contributed by atoms with Gasteiger partial charge in [-0.05, 0) is 54.2 Å². The van der Waals surface area contributed by atoms with Crippen molar-refractivity contribution >= 4 is 24.7 Å². The molecule has 10 rings (SSSR count). The smallest absolute Gasteiger partial charge is 0.303 e. The van der Waals surface area contributed by atoms with Crippen molar-refractivity contribution in [1.82, 2.24) is 0 Å². The van der Waals surface area contributed by atoms with Gasteiger partial charge in [-0.3, -0.25) is 4.79 Å². The molecule has 0 amide bonds. The summed E-state index contributed by atoms with van der Waals surface area (Å²) in [6, 6.07) is 41.5. The maximum absolute atomic E-state index is 13.1. The summed E-state index contributed by atoms with van der Waals surface area (Å²) in [5.74, 6) is -1.25. The lowest BCUT2D eigenvalue weighted by Crippen LogP contribution is -2.73. The number of ether oxygens (including phenoxy) is 10. The largest absolute Gasteiger partial charge is 0.457 e. The summed E-state index contributed by atoms with van der Waals surface area (Å²) < 4.78 is 76.4. The zero-order valence-electron chi connectivity index (χ0n) is 42.0. The van der Waals surface area contributed by atoms with Crippen molar-refractivity contribution in [2.24, 2.45) is 0 Å². The summed E-state index contributed by atoms with van der Waals surface area (Å²) in [5, 5.41) is 2.15. The van der Waals surface area contributed by atoms with E-state index in [1.165, 1.54) is 17.3 Å². The molecule has 6 aliphatic rings. The van der Waals surface area contributed by atoms with Gasteiger partial charge in [-0.1, -0.05) is 142 Å². The van der Waals surface area contributed by atoms with Crippen molar-refractivity contribution < 1.29 is 56.6 Å². The monoisotopic (exact) mass is 976 g/mol. The van der Waals surface area contributed by atoms with Crippen molar-refractivity contribution in [1.29, 1.82) is 0 Å². The Hall–Kier alpha value is -3.83. The van der Waals surface area contributed by atoms with Crippen LogP contribution >= 0.6 is 0 Å².